The molecule has 4 rings (SSSR count). The Kier molecular flexibility index (Phi) is 10.4. The maximum Gasteiger partial charge on any atom is 0.225 e. The minimum atomic E-state index is -1.29. The first kappa shape index (κ1) is 28.2. The average Bonchev–Trinajstić information content (AvgIpc) is 3.43. The van der Waals surface area contributed by atoms with Crippen molar-refractivity contribution in [3.05, 3.63) is 45.3 Å². The zero-order chi connectivity index (χ0) is 25.7. The van der Waals surface area contributed by atoms with E-state index >= 15 is 0 Å². The second-order valence-electron chi connectivity index (χ2n) is 8.73. The first-order valence-corrected chi connectivity index (χ1v) is 16.2. The van der Waals surface area contributed by atoms with Crippen molar-refractivity contribution in [2.24, 2.45) is 0 Å². The van der Waals surface area contributed by atoms with Gasteiger partial charge in [0.15, 0.2) is 0 Å². The topological polar surface area (TPSA) is 82.1 Å². The molecule has 2 aromatic rings. The molecule has 1 aliphatic carbocycles. The van der Waals surface area contributed by atoms with Gasteiger partial charge in [-0.15, -0.1) is 11.3 Å². The Balaban J connectivity index is 1.44. The lowest BCUT2D eigenvalue weighted by molar-refractivity contribution is -0.116. The number of benzene rings is 1. The van der Waals surface area contributed by atoms with Gasteiger partial charge in [-0.05, 0) is 65.0 Å². The van der Waals surface area contributed by atoms with Crippen LogP contribution in [0, 0.1) is 0 Å². The van der Waals surface area contributed by atoms with Gasteiger partial charge in [0.1, 0.15) is 21.4 Å². The van der Waals surface area contributed by atoms with Gasteiger partial charge in [-0.3, -0.25) is 4.79 Å². The summed E-state index contributed by atoms with van der Waals surface area (Å²) in [5, 5.41) is 14.1. The molecule has 0 saturated heterocycles. The number of carbonyl (C=O) groups is 1. The highest BCUT2D eigenvalue weighted by molar-refractivity contribution is 14.1. The molecule has 2 N–H and O–H groups in total. The summed E-state index contributed by atoms with van der Waals surface area (Å²) in [4.78, 5) is 15.0. The van der Waals surface area contributed by atoms with Gasteiger partial charge in [0, 0.05) is 67.1 Å². The zero-order valence-corrected chi connectivity index (χ0v) is 25.5. The Morgan fingerprint density at radius 3 is 2.89 bits per heavy atom. The zero-order valence-electron chi connectivity index (χ0n) is 20.1. The molecule has 1 aromatic heterocycles. The SMILES string of the molecule is COCCCN1c2ccc(NC(=O)CCN(CCCI)S(=O)c3ccc(Br)s3)c3c2C(CC=C3)C1O. The first-order valence-electron chi connectivity index (χ1n) is 12.0. The molecule has 0 radical (unpaired) electrons. The molecule has 0 saturated carbocycles. The maximum absolute atomic E-state index is 13.1. The Morgan fingerprint density at radius 2 is 2.17 bits per heavy atom. The number of hydrogen-bond donors (Lipinski definition) is 2. The molecule has 0 bridgehead atoms. The van der Waals surface area contributed by atoms with E-state index < -0.39 is 17.2 Å². The number of aliphatic hydroxyl groups excluding tert-OH is 1. The smallest absolute Gasteiger partial charge is 0.225 e. The summed E-state index contributed by atoms with van der Waals surface area (Å²) in [6, 6.07) is 7.69. The highest BCUT2D eigenvalue weighted by atomic mass is 127. The standard InChI is InChI=1S/C25H31BrIN3O4S2/c1-34-16-4-14-30-20-8-7-19(17-5-2-6-18(24(17)20)25(30)32)28-22(31)11-15-29(13-3-12-27)36(33)23-10-9-21(26)35-23/h2,5,7-10,18,25,32H,3-4,6,11-16H2,1H3,(H,28,31). The molecule has 0 spiro atoms. The minimum absolute atomic E-state index is 0.00398. The molecule has 1 amide bonds. The van der Waals surface area contributed by atoms with Crippen molar-refractivity contribution in [1.29, 1.82) is 0 Å². The largest absolute Gasteiger partial charge is 0.385 e. The van der Waals surface area contributed by atoms with Crippen molar-refractivity contribution in [3.8, 4) is 0 Å². The molecule has 3 atom stereocenters. The Bertz CT molecular complexity index is 1130. The number of aliphatic hydroxyl groups is 1. The minimum Gasteiger partial charge on any atom is -0.385 e. The van der Waals surface area contributed by atoms with E-state index in [9.17, 15) is 14.1 Å². The molecule has 3 unspecified atom stereocenters. The summed E-state index contributed by atoms with van der Waals surface area (Å²) in [6.07, 6.45) is 6.30. The fourth-order valence-corrected chi connectivity index (χ4v) is 8.38. The molecule has 1 aromatic carbocycles. The van der Waals surface area contributed by atoms with Gasteiger partial charge in [0.25, 0.3) is 0 Å². The third-order valence-corrected chi connectivity index (χ3v) is 10.6. The molecule has 36 heavy (non-hydrogen) atoms. The van der Waals surface area contributed by atoms with E-state index in [-0.39, 0.29) is 18.2 Å². The number of rotatable bonds is 13. The summed E-state index contributed by atoms with van der Waals surface area (Å²) in [5.74, 6) is -0.114. The molecular weight excluding hydrogens is 677 g/mol. The van der Waals surface area contributed by atoms with Crippen molar-refractivity contribution in [3.63, 3.8) is 0 Å². The van der Waals surface area contributed by atoms with E-state index in [1.165, 1.54) is 11.3 Å². The molecule has 2 heterocycles. The number of nitrogens with zero attached hydrogens (tertiary/aromatic N) is 2. The number of carbonyl (C=O) groups excluding carboxylic acids is 1. The van der Waals surface area contributed by atoms with Gasteiger partial charge < -0.3 is 20.1 Å². The van der Waals surface area contributed by atoms with Crippen molar-refractivity contribution in [1.82, 2.24) is 4.31 Å². The third kappa shape index (κ3) is 6.41. The van der Waals surface area contributed by atoms with Gasteiger partial charge >= 0.3 is 0 Å². The number of halogens is 2. The Hall–Kier alpha value is -0.830. The summed E-state index contributed by atoms with van der Waals surface area (Å²) in [5.41, 5.74) is 3.86. The van der Waals surface area contributed by atoms with Crippen LogP contribution in [0.25, 0.3) is 6.08 Å². The van der Waals surface area contributed by atoms with Crippen molar-refractivity contribution in [2.75, 3.05) is 48.0 Å². The molecule has 2 aliphatic rings. The van der Waals surface area contributed by atoms with E-state index in [1.54, 1.807) is 7.11 Å². The van der Waals surface area contributed by atoms with Crippen LogP contribution in [0.15, 0.2) is 38.3 Å². The lowest BCUT2D eigenvalue weighted by Crippen LogP contribution is -2.35. The fourth-order valence-electron chi connectivity index (χ4n) is 4.74. The van der Waals surface area contributed by atoms with Crippen LogP contribution in [-0.2, 0) is 20.5 Å². The average molecular weight is 708 g/mol. The first-order chi connectivity index (χ1) is 17.4. The monoisotopic (exact) mass is 707 g/mol. The number of methoxy groups -OCH3 is 1. The normalized spacial score (nSPS) is 19.1. The third-order valence-electron chi connectivity index (χ3n) is 6.40. The predicted molar refractivity (Wildman–Crippen MR) is 159 cm³/mol. The van der Waals surface area contributed by atoms with Crippen LogP contribution in [0.2, 0.25) is 0 Å². The van der Waals surface area contributed by atoms with Gasteiger partial charge in [-0.2, -0.15) is 0 Å². The highest BCUT2D eigenvalue weighted by Crippen LogP contribution is 2.48. The summed E-state index contributed by atoms with van der Waals surface area (Å²) >= 11 is 7.21. The lowest BCUT2D eigenvalue weighted by Gasteiger charge is -2.25. The van der Waals surface area contributed by atoms with Gasteiger partial charge in [-0.1, -0.05) is 34.7 Å². The van der Waals surface area contributed by atoms with Gasteiger partial charge in [0.05, 0.1) is 3.79 Å². The molecule has 196 valence electrons. The number of ether oxygens (including phenoxy) is 1. The van der Waals surface area contributed by atoms with Gasteiger partial charge in [0.2, 0.25) is 5.91 Å². The molecule has 7 nitrogen and oxygen atoms in total. The van der Waals surface area contributed by atoms with Crippen LogP contribution in [0.4, 0.5) is 11.4 Å². The quantitative estimate of drug-likeness (QED) is 0.166. The van der Waals surface area contributed by atoms with E-state index in [4.69, 9.17) is 4.74 Å². The summed E-state index contributed by atoms with van der Waals surface area (Å²) in [6.45, 7) is 2.44. The fraction of sp³-hybridized carbons (Fsp3) is 0.480. The van der Waals surface area contributed by atoms with E-state index in [0.717, 1.165) is 54.2 Å². The molecular formula is C25H31BrIN3O4S2. The van der Waals surface area contributed by atoms with Crippen molar-refractivity contribution in [2.45, 2.75) is 42.0 Å². The van der Waals surface area contributed by atoms with Crippen LogP contribution in [0.3, 0.4) is 0 Å². The number of allylic oxidation sites excluding steroid dienone is 1. The van der Waals surface area contributed by atoms with Crippen LogP contribution >= 0.6 is 49.9 Å². The number of thiophene rings is 1. The lowest BCUT2D eigenvalue weighted by atomic mass is 9.87. The summed E-state index contributed by atoms with van der Waals surface area (Å²) in [7, 11) is 0.391. The van der Waals surface area contributed by atoms with Crippen molar-refractivity contribution < 1.29 is 18.8 Å². The molecule has 0 fully saturated rings. The Labute approximate surface area is 241 Å². The van der Waals surface area contributed by atoms with Crippen LogP contribution in [0.1, 0.15) is 42.7 Å². The maximum atomic E-state index is 13.1. The van der Waals surface area contributed by atoms with Crippen LogP contribution in [0.5, 0.6) is 0 Å². The van der Waals surface area contributed by atoms with E-state index in [1.807, 2.05) is 39.5 Å². The number of amides is 1. The van der Waals surface area contributed by atoms with E-state index in [0.29, 0.717) is 26.2 Å². The van der Waals surface area contributed by atoms with Gasteiger partial charge in [-0.25, -0.2) is 8.51 Å². The number of hydrogen-bond acceptors (Lipinski definition) is 6. The van der Waals surface area contributed by atoms with E-state index in [2.05, 4.69) is 49.9 Å². The predicted octanol–water partition coefficient (Wildman–Crippen LogP) is 5.36. The number of anilines is 2. The van der Waals surface area contributed by atoms with Crippen LogP contribution in [-0.4, -0.2) is 63.5 Å². The number of nitrogens with one attached hydrogen (secondary N) is 1. The molecule has 1 aliphatic heterocycles. The Morgan fingerprint density at radius 1 is 1.33 bits per heavy atom. The van der Waals surface area contributed by atoms with Crippen molar-refractivity contribution >= 4 is 84.2 Å². The summed E-state index contributed by atoms with van der Waals surface area (Å²) < 4.78 is 22.9. The molecule has 11 heteroatoms. The second kappa shape index (κ2) is 13.3. The van der Waals surface area contributed by atoms with Crippen LogP contribution < -0.4 is 10.2 Å². The second-order valence-corrected chi connectivity index (χ2v) is 14.0. The highest BCUT2D eigenvalue weighted by Gasteiger charge is 2.39. The number of alkyl halides is 1.